The van der Waals surface area contributed by atoms with Crippen LogP contribution in [0.2, 0.25) is 0 Å². The molecule has 1 aromatic rings. The third kappa shape index (κ3) is 9.08. The molecule has 0 aliphatic carbocycles. The largest absolute Gasteiger partial charge is 0.444 e. The molecular weight excluding hydrogens is 410 g/mol. The summed E-state index contributed by atoms with van der Waals surface area (Å²) in [6.07, 6.45) is 1.34. The lowest BCUT2D eigenvalue weighted by Crippen LogP contribution is -2.47. The summed E-state index contributed by atoms with van der Waals surface area (Å²) in [5.74, 6) is -0.216. The number of hydrogen-bond donors (Lipinski definition) is 2. The van der Waals surface area contributed by atoms with Gasteiger partial charge in [0.2, 0.25) is 11.8 Å². The number of rotatable bonds is 8. The zero-order chi connectivity index (χ0) is 23.7. The fraction of sp³-hybridized carbons (Fsp3) is 0.583. The maximum Gasteiger partial charge on any atom is 0.407 e. The number of hydrogen-bond acceptors (Lipinski definition) is 5. The van der Waals surface area contributed by atoms with Gasteiger partial charge in [0, 0.05) is 50.5 Å². The van der Waals surface area contributed by atoms with Gasteiger partial charge in [-0.25, -0.2) is 4.79 Å². The molecule has 0 saturated carbocycles. The van der Waals surface area contributed by atoms with Crippen molar-refractivity contribution >= 4 is 23.7 Å². The Hall–Kier alpha value is -2.90. The van der Waals surface area contributed by atoms with Gasteiger partial charge < -0.3 is 20.3 Å². The molecule has 32 heavy (non-hydrogen) atoms. The number of amides is 3. The van der Waals surface area contributed by atoms with Crippen molar-refractivity contribution in [3.8, 4) is 0 Å². The highest BCUT2D eigenvalue weighted by molar-refractivity contribution is 5.98. The number of ketones is 1. The second-order valence-corrected chi connectivity index (χ2v) is 9.19. The average Bonchev–Trinajstić information content (AvgIpc) is 2.71. The molecule has 2 N–H and O–H groups in total. The van der Waals surface area contributed by atoms with Crippen molar-refractivity contribution in [3.05, 3.63) is 35.4 Å². The van der Waals surface area contributed by atoms with Crippen LogP contribution in [0.3, 0.4) is 0 Å². The molecule has 1 fully saturated rings. The zero-order valence-electron chi connectivity index (χ0n) is 19.5. The first-order valence-electron chi connectivity index (χ1n) is 11.2. The molecule has 0 aromatic heterocycles. The Morgan fingerprint density at radius 2 is 1.62 bits per heavy atom. The number of nitrogens with one attached hydrogen (secondary N) is 2. The van der Waals surface area contributed by atoms with E-state index >= 15 is 0 Å². The van der Waals surface area contributed by atoms with Crippen molar-refractivity contribution < 1.29 is 23.9 Å². The number of carbonyl (C=O) groups is 4. The Labute approximate surface area is 190 Å². The minimum Gasteiger partial charge on any atom is -0.444 e. The minimum atomic E-state index is -0.575. The standard InChI is InChI=1S/C24H35N3O5/c1-17-5-7-18(8-6-17)20(28)9-10-21(29)26-19-12-15-27(16-13-19)22(30)11-14-25-23(31)32-24(2,3)4/h5-8,19H,9-16H2,1-4H3,(H,25,31)(H,26,29). The van der Waals surface area contributed by atoms with E-state index in [1.807, 2.05) is 19.1 Å². The summed E-state index contributed by atoms with van der Waals surface area (Å²) >= 11 is 0. The predicted molar refractivity (Wildman–Crippen MR) is 121 cm³/mol. The van der Waals surface area contributed by atoms with Crippen LogP contribution in [0.5, 0.6) is 0 Å². The maximum atomic E-state index is 12.3. The van der Waals surface area contributed by atoms with Crippen LogP contribution in [0.1, 0.15) is 68.8 Å². The molecule has 0 atom stereocenters. The molecule has 8 heteroatoms. The predicted octanol–water partition coefficient (Wildman–Crippen LogP) is 2.98. The molecule has 1 heterocycles. The summed E-state index contributed by atoms with van der Waals surface area (Å²) in [4.78, 5) is 50.2. The lowest BCUT2D eigenvalue weighted by atomic mass is 10.0. The highest BCUT2D eigenvalue weighted by atomic mass is 16.6. The van der Waals surface area contributed by atoms with Crippen LogP contribution in [0.4, 0.5) is 4.79 Å². The molecule has 0 bridgehead atoms. The molecule has 1 saturated heterocycles. The number of piperidine rings is 1. The maximum absolute atomic E-state index is 12.3. The summed E-state index contributed by atoms with van der Waals surface area (Å²) in [6.45, 7) is 8.63. The fourth-order valence-electron chi connectivity index (χ4n) is 3.43. The quantitative estimate of drug-likeness (QED) is 0.599. The second kappa shape index (κ2) is 11.6. The van der Waals surface area contributed by atoms with Crippen molar-refractivity contribution in [2.75, 3.05) is 19.6 Å². The summed E-state index contributed by atoms with van der Waals surface area (Å²) in [5, 5.41) is 5.56. The number of benzene rings is 1. The van der Waals surface area contributed by atoms with Gasteiger partial charge in [-0.05, 0) is 40.5 Å². The van der Waals surface area contributed by atoms with Crippen LogP contribution in [0, 0.1) is 6.92 Å². The summed E-state index contributed by atoms with van der Waals surface area (Å²) < 4.78 is 5.14. The van der Waals surface area contributed by atoms with Crippen LogP contribution in [-0.4, -0.2) is 59.9 Å². The zero-order valence-corrected chi connectivity index (χ0v) is 19.5. The third-order valence-corrected chi connectivity index (χ3v) is 5.17. The topological polar surface area (TPSA) is 105 Å². The molecule has 2 rings (SSSR count). The van der Waals surface area contributed by atoms with Gasteiger partial charge in [0.15, 0.2) is 5.78 Å². The van der Waals surface area contributed by atoms with E-state index in [2.05, 4.69) is 10.6 Å². The first-order valence-corrected chi connectivity index (χ1v) is 11.2. The van der Waals surface area contributed by atoms with Crippen molar-refractivity contribution in [1.29, 1.82) is 0 Å². The molecule has 1 aliphatic rings. The van der Waals surface area contributed by atoms with Crippen molar-refractivity contribution in [1.82, 2.24) is 15.5 Å². The van der Waals surface area contributed by atoms with E-state index in [-0.39, 0.29) is 49.4 Å². The Morgan fingerprint density at radius 1 is 1.00 bits per heavy atom. The Balaban J connectivity index is 1.63. The van der Waals surface area contributed by atoms with Gasteiger partial charge >= 0.3 is 6.09 Å². The van der Waals surface area contributed by atoms with Gasteiger partial charge in [0.25, 0.3) is 0 Å². The molecular formula is C24H35N3O5. The second-order valence-electron chi connectivity index (χ2n) is 9.19. The van der Waals surface area contributed by atoms with Crippen molar-refractivity contribution in [3.63, 3.8) is 0 Å². The lowest BCUT2D eigenvalue weighted by Gasteiger charge is -2.32. The molecule has 0 unspecified atom stereocenters. The number of aryl methyl sites for hydroxylation is 1. The normalized spacial score (nSPS) is 14.6. The average molecular weight is 446 g/mol. The van der Waals surface area contributed by atoms with E-state index in [9.17, 15) is 19.2 Å². The Kier molecular flexibility index (Phi) is 9.23. The fourth-order valence-corrected chi connectivity index (χ4v) is 3.43. The molecule has 176 valence electrons. The summed E-state index contributed by atoms with van der Waals surface area (Å²) in [7, 11) is 0. The summed E-state index contributed by atoms with van der Waals surface area (Å²) in [6, 6.07) is 7.34. The van der Waals surface area contributed by atoms with Crippen molar-refractivity contribution in [2.45, 2.75) is 71.4 Å². The third-order valence-electron chi connectivity index (χ3n) is 5.17. The minimum absolute atomic E-state index is 0.000847. The van der Waals surface area contributed by atoms with Crippen LogP contribution < -0.4 is 10.6 Å². The van der Waals surface area contributed by atoms with Crippen LogP contribution in [0.15, 0.2) is 24.3 Å². The Morgan fingerprint density at radius 3 is 2.22 bits per heavy atom. The van der Waals surface area contributed by atoms with E-state index in [0.717, 1.165) is 5.56 Å². The number of alkyl carbamates (subject to hydrolysis) is 1. The van der Waals surface area contributed by atoms with Gasteiger partial charge in [0.05, 0.1) is 0 Å². The van der Waals surface area contributed by atoms with Crippen LogP contribution >= 0.6 is 0 Å². The van der Waals surface area contributed by atoms with E-state index < -0.39 is 11.7 Å². The molecule has 0 radical (unpaired) electrons. The van der Waals surface area contributed by atoms with Gasteiger partial charge in [-0.15, -0.1) is 0 Å². The van der Waals surface area contributed by atoms with Crippen LogP contribution in [0.25, 0.3) is 0 Å². The lowest BCUT2D eigenvalue weighted by molar-refractivity contribution is -0.132. The van der Waals surface area contributed by atoms with Gasteiger partial charge in [-0.1, -0.05) is 29.8 Å². The monoisotopic (exact) mass is 445 g/mol. The first kappa shape index (κ1) is 25.4. The smallest absolute Gasteiger partial charge is 0.407 e. The van der Waals surface area contributed by atoms with Gasteiger partial charge in [-0.3, -0.25) is 14.4 Å². The van der Waals surface area contributed by atoms with E-state index in [1.54, 1.807) is 37.8 Å². The molecule has 8 nitrogen and oxygen atoms in total. The molecule has 1 aliphatic heterocycles. The highest BCUT2D eigenvalue weighted by Crippen LogP contribution is 2.13. The van der Waals surface area contributed by atoms with E-state index in [4.69, 9.17) is 4.74 Å². The number of Topliss-reactive ketones (excluding diaryl/α,β-unsaturated/α-hetero) is 1. The van der Waals surface area contributed by atoms with Crippen LogP contribution in [-0.2, 0) is 14.3 Å². The molecule has 1 aromatic carbocycles. The number of nitrogens with zero attached hydrogens (tertiary/aromatic N) is 1. The Bertz CT molecular complexity index is 806. The number of likely N-dealkylation sites (tertiary alicyclic amines) is 1. The van der Waals surface area contributed by atoms with Crippen molar-refractivity contribution in [2.24, 2.45) is 0 Å². The molecule has 0 spiro atoms. The first-order chi connectivity index (χ1) is 15.0. The van der Waals surface area contributed by atoms with Gasteiger partial charge in [-0.2, -0.15) is 0 Å². The van der Waals surface area contributed by atoms with E-state index in [0.29, 0.717) is 31.5 Å². The van der Waals surface area contributed by atoms with Gasteiger partial charge in [0.1, 0.15) is 5.60 Å². The molecule has 3 amide bonds. The number of carbonyl (C=O) groups excluding carboxylic acids is 4. The number of ether oxygens (including phenoxy) is 1. The summed E-state index contributed by atoms with van der Waals surface area (Å²) in [5.41, 5.74) is 1.13. The van der Waals surface area contributed by atoms with E-state index in [1.165, 1.54) is 0 Å². The SMILES string of the molecule is Cc1ccc(C(=O)CCC(=O)NC2CCN(C(=O)CCNC(=O)OC(C)(C)C)CC2)cc1. The highest BCUT2D eigenvalue weighted by Gasteiger charge is 2.24.